The molecule has 5 nitrogen and oxygen atoms in total. The highest BCUT2D eigenvalue weighted by atomic mass is 32.2. The van der Waals surface area contributed by atoms with Gasteiger partial charge in [0.15, 0.2) is 11.0 Å². The summed E-state index contributed by atoms with van der Waals surface area (Å²) in [4.78, 5) is 13.4. The largest absolute Gasteiger partial charge is 0.353 e. The Balaban J connectivity index is 1.40. The van der Waals surface area contributed by atoms with Gasteiger partial charge in [-0.1, -0.05) is 37.1 Å². The van der Waals surface area contributed by atoms with Crippen molar-refractivity contribution in [1.29, 1.82) is 0 Å². The first-order valence-electron chi connectivity index (χ1n) is 8.72. The highest BCUT2D eigenvalue weighted by Crippen LogP contribution is 2.41. The number of carbonyl (C=O) groups excluding carboxylic acids is 1. The Morgan fingerprint density at radius 2 is 2.08 bits per heavy atom. The fourth-order valence-electron chi connectivity index (χ4n) is 3.26. The van der Waals surface area contributed by atoms with Gasteiger partial charge in [0.2, 0.25) is 5.91 Å². The zero-order valence-electron chi connectivity index (χ0n) is 13.6. The molecule has 0 saturated heterocycles. The number of aromatic nitrogens is 3. The monoisotopic (exact) mass is 362 g/mol. The Labute approximate surface area is 150 Å². The van der Waals surface area contributed by atoms with Gasteiger partial charge in [0.05, 0.1) is 10.6 Å². The molecule has 24 heavy (non-hydrogen) atoms. The van der Waals surface area contributed by atoms with Crippen molar-refractivity contribution < 1.29 is 4.79 Å². The standard InChI is InChI=1S/C17H22N4OS2/c22-15(18-12-5-2-1-3-6-12)11-24-17-20-19-16(14-7-4-10-23-14)21(17)13-8-9-13/h4,7,10,12-13H,1-3,5-6,8-9,11H2,(H,18,22). The second kappa shape index (κ2) is 7.27. The number of amides is 1. The molecule has 7 heteroatoms. The summed E-state index contributed by atoms with van der Waals surface area (Å²) in [6.45, 7) is 0. The van der Waals surface area contributed by atoms with Gasteiger partial charge in [-0.25, -0.2) is 0 Å². The maximum atomic E-state index is 12.2. The lowest BCUT2D eigenvalue weighted by atomic mass is 9.95. The van der Waals surface area contributed by atoms with E-state index in [2.05, 4.69) is 31.5 Å². The lowest BCUT2D eigenvalue weighted by molar-refractivity contribution is -0.119. The van der Waals surface area contributed by atoms with Gasteiger partial charge in [0.1, 0.15) is 0 Å². The molecule has 2 saturated carbocycles. The Morgan fingerprint density at radius 3 is 2.79 bits per heavy atom. The average molecular weight is 363 g/mol. The summed E-state index contributed by atoms with van der Waals surface area (Å²) in [6, 6.07) is 4.99. The fraction of sp³-hybridized carbons (Fsp3) is 0.588. The van der Waals surface area contributed by atoms with Crippen LogP contribution < -0.4 is 5.32 Å². The number of rotatable bonds is 6. The Morgan fingerprint density at radius 1 is 1.25 bits per heavy atom. The summed E-state index contributed by atoms with van der Waals surface area (Å²) in [7, 11) is 0. The molecule has 0 bridgehead atoms. The first kappa shape index (κ1) is 16.1. The van der Waals surface area contributed by atoms with Crippen molar-refractivity contribution >= 4 is 29.0 Å². The van der Waals surface area contributed by atoms with Gasteiger partial charge in [-0.2, -0.15) is 0 Å². The highest BCUT2D eigenvalue weighted by molar-refractivity contribution is 7.99. The number of thiophene rings is 1. The topological polar surface area (TPSA) is 59.8 Å². The minimum atomic E-state index is 0.120. The molecule has 2 aliphatic carbocycles. The van der Waals surface area contributed by atoms with Crippen molar-refractivity contribution in [2.24, 2.45) is 0 Å². The second-order valence-corrected chi connectivity index (χ2v) is 8.47. The van der Waals surface area contributed by atoms with Crippen LogP contribution in [0.15, 0.2) is 22.7 Å². The number of carbonyl (C=O) groups is 1. The van der Waals surface area contributed by atoms with E-state index in [0.717, 1.165) is 28.7 Å². The molecule has 1 amide bonds. The van der Waals surface area contributed by atoms with Crippen LogP contribution in [0.2, 0.25) is 0 Å². The first-order valence-corrected chi connectivity index (χ1v) is 10.6. The van der Waals surface area contributed by atoms with E-state index < -0.39 is 0 Å². The van der Waals surface area contributed by atoms with Gasteiger partial charge in [-0.05, 0) is 37.1 Å². The Hall–Kier alpha value is -1.34. The summed E-state index contributed by atoms with van der Waals surface area (Å²) < 4.78 is 2.23. The lowest BCUT2D eigenvalue weighted by Gasteiger charge is -2.22. The highest BCUT2D eigenvalue weighted by Gasteiger charge is 2.30. The molecule has 2 aromatic rings. The van der Waals surface area contributed by atoms with E-state index in [-0.39, 0.29) is 5.91 Å². The molecular weight excluding hydrogens is 340 g/mol. The molecule has 128 valence electrons. The number of thioether (sulfide) groups is 1. The SMILES string of the molecule is O=C(CSc1nnc(-c2cccs2)n1C1CC1)NC1CCCCC1. The molecular formula is C17H22N4OS2. The van der Waals surface area contributed by atoms with Crippen LogP contribution in [0.25, 0.3) is 10.7 Å². The molecule has 0 spiro atoms. The fourth-order valence-corrected chi connectivity index (χ4v) is 4.78. The Kier molecular flexibility index (Phi) is 4.89. The van der Waals surface area contributed by atoms with E-state index in [9.17, 15) is 4.79 Å². The molecule has 1 N–H and O–H groups in total. The third kappa shape index (κ3) is 3.67. The summed E-state index contributed by atoms with van der Waals surface area (Å²) >= 11 is 3.20. The zero-order chi connectivity index (χ0) is 16.4. The summed E-state index contributed by atoms with van der Waals surface area (Å²) in [5, 5.41) is 14.8. The molecule has 0 aliphatic heterocycles. The van der Waals surface area contributed by atoms with Crippen molar-refractivity contribution in [2.75, 3.05) is 5.75 Å². The van der Waals surface area contributed by atoms with Crippen LogP contribution in [-0.4, -0.2) is 32.5 Å². The van der Waals surface area contributed by atoms with E-state index in [1.807, 2.05) is 6.07 Å². The summed E-state index contributed by atoms with van der Waals surface area (Å²) in [6.07, 6.45) is 8.37. The third-order valence-electron chi connectivity index (χ3n) is 4.62. The molecule has 2 heterocycles. The van der Waals surface area contributed by atoms with Crippen LogP contribution in [0.3, 0.4) is 0 Å². The quantitative estimate of drug-likeness (QED) is 0.792. The number of hydrogen-bond donors (Lipinski definition) is 1. The lowest BCUT2D eigenvalue weighted by Crippen LogP contribution is -2.37. The first-order chi connectivity index (χ1) is 11.8. The van der Waals surface area contributed by atoms with Crippen LogP contribution in [0.4, 0.5) is 0 Å². The van der Waals surface area contributed by atoms with Crippen LogP contribution in [0.5, 0.6) is 0 Å². The number of nitrogens with one attached hydrogen (secondary N) is 1. The van der Waals surface area contributed by atoms with E-state index in [1.54, 1.807) is 11.3 Å². The average Bonchev–Trinajstić information content (AvgIpc) is 3.12. The van der Waals surface area contributed by atoms with Crippen molar-refractivity contribution in [1.82, 2.24) is 20.1 Å². The molecule has 0 atom stereocenters. The smallest absolute Gasteiger partial charge is 0.230 e. The van der Waals surface area contributed by atoms with Crippen LogP contribution in [0.1, 0.15) is 51.0 Å². The van der Waals surface area contributed by atoms with Crippen molar-refractivity contribution in [3.63, 3.8) is 0 Å². The number of hydrogen-bond acceptors (Lipinski definition) is 5. The summed E-state index contributed by atoms with van der Waals surface area (Å²) in [5.41, 5.74) is 0. The summed E-state index contributed by atoms with van der Waals surface area (Å²) in [5.74, 6) is 1.49. The van der Waals surface area contributed by atoms with Crippen LogP contribution in [0, 0.1) is 0 Å². The van der Waals surface area contributed by atoms with Gasteiger partial charge in [-0.3, -0.25) is 9.36 Å². The zero-order valence-corrected chi connectivity index (χ0v) is 15.2. The maximum absolute atomic E-state index is 12.2. The van der Waals surface area contributed by atoms with Crippen LogP contribution >= 0.6 is 23.1 Å². The van der Waals surface area contributed by atoms with E-state index in [1.165, 1.54) is 43.9 Å². The predicted octanol–water partition coefficient (Wildman–Crippen LogP) is 3.88. The third-order valence-corrected chi connectivity index (χ3v) is 6.43. The predicted molar refractivity (Wildman–Crippen MR) is 97.3 cm³/mol. The van der Waals surface area contributed by atoms with E-state index >= 15 is 0 Å². The minimum absolute atomic E-state index is 0.120. The second-order valence-electron chi connectivity index (χ2n) is 6.58. The molecule has 2 aromatic heterocycles. The van der Waals surface area contributed by atoms with Crippen LogP contribution in [-0.2, 0) is 4.79 Å². The molecule has 0 radical (unpaired) electrons. The number of nitrogens with zero attached hydrogens (tertiary/aromatic N) is 3. The van der Waals surface area contributed by atoms with Crippen molar-refractivity contribution in [3.05, 3.63) is 17.5 Å². The molecule has 0 unspecified atom stereocenters. The van der Waals surface area contributed by atoms with E-state index in [4.69, 9.17) is 0 Å². The molecule has 0 aromatic carbocycles. The molecule has 4 rings (SSSR count). The molecule has 2 aliphatic rings. The van der Waals surface area contributed by atoms with Gasteiger partial charge in [-0.15, -0.1) is 21.5 Å². The van der Waals surface area contributed by atoms with Crippen molar-refractivity contribution in [2.45, 2.75) is 62.2 Å². The van der Waals surface area contributed by atoms with Gasteiger partial charge in [0, 0.05) is 12.1 Å². The van der Waals surface area contributed by atoms with E-state index in [0.29, 0.717) is 17.8 Å². The minimum Gasteiger partial charge on any atom is -0.353 e. The van der Waals surface area contributed by atoms with Crippen molar-refractivity contribution in [3.8, 4) is 10.7 Å². The van der Waals surface area contributed by atoms with Gasteiger partial charge < -0.3 is 5.32 Å². The van der Waals surface area contributed by atoms with Gasteiger partial charge >= 0.3 is 0 Å². The normalized spacial score (nSPS) is 18.7. The Bertz CT molecular complexity index is 688. The van der Waals surface area contributed by atoms with Gasteiger partial charge in [0.25, 0.3) is 0 Å². The molecule has 2 fully saturated rings. The maximum Gasteiger partial charge on any atom is 0.230 e.